The second kappa shape index (κ2) is 9.78. The summed E-state index contributed by atoms with van der Waals surface area (Å²) >= 11 is 0. The van der Waals surface area contributed by atoms with E-state index in [1.165, 1.54) is 0 Å². The molecule has 0 saturated heterocycles. The maximum absolute atomic E-state index is 12.6. The van der Waals surface area contributed by atoms with Gasteiger partial charge in [-0.15, -0.1) is 0 Å². The molecule has 1 aliphatic heterocycles. The number of esters is 1. The van der Waals surface area contributed by atoms with Crippen molar-refractivity contribution >= 4 is 29.2 Å². The zero-order valence-corrected chi connectivity index (χ0v) is 17.0. The lowest BCUT2D eigenvalue weighted by Gasteiger charge is -2.34. The molecular weight excluding hydrogens is 386 g/mol. The van der Waals surface area contributed by atoms with Gasteiger partial charge in [-0.3, -0.25) is 9.59 Å². The number of benzene rings is 2. The van der Waals surface area contributed by atoms with Crippen LogP contribution in [0.3, 0.4) is 0 Å². The molecule has 0 bridgehead atoms. The maximum atomic E-state index is 12.6. The topological polar surface area (TPSA) is 97.0 Å². The molecule has 158 valence electrons. The lowest BCUT2D eigenvalue weighted by Crippen LogP contribution is -2.50. The first-order chi connectivity index (χ1) is 14.5. The van der Waals surface area contributed by atoms with E-state index in [1.807, 2.05) is 30.0 Å². The summed E-state index contributed by atoms with van der Waals surface area (Å²) in [4.78, 5) is 38.3. The van der Waals surface area contributed by atoms with Gasteiger partial charge in [0.25, 0.3) is 5.91 Å². The van der Waals surface area contributed by atoms with Gasteiger partial charge in [0, 0.05) is 12.7 Å². The number of carbonyl (C=O) groups is 3. The molecule has 3 rings (SSSR count). The number of nitrogens with zero attached hydrogens (tertiary/aromatic N) is 1. The van der Waals surface area contributed by atoms with Gasteiger partial charge in [0.15, 0.2) is 6.10 Å². The Balaban J connectivity index is 1.65. The van der Waals surface area contributed by atoms with E-state index in [4.69, 9.17) is 9.47 Å². The average molecular weight is 411 g/mol. The molecule has 0 unspecified atom stereocenters. The van der Waals surface area contributed by atoms with Crippen molar-refractivity contribution in [1.29, 1.82) is 0 Å². The highest BCUT2D eigenvalue weighted by atomic mass is 16.5. The molecular formula is C22H25N3O5. The Bertz CT molecular complexity index is 913. The minimum atomic E-state index is -0.703. The molecule has 0 saturated carbocycles. The Morgan fingerprint density at radius 3 is 2.57 bits per heavy atom. The minimum Gasteiger partial charge on any atom is -0.477 e. The van der Waals surface area contributed by atoms with Gasteiger partial charge in [0.05, 0.1) is 30.9 Å². The van der Waals surface area contributed by atoms with Crippen molar-refractivity contribution in [3.8, 4) is 5.75 Å². The van der Waals surface area contributed by atoms with Crippen LogP contribution in [0.15, 0.2) is 48.5 Å². The van der Waals surface area contributed by atoms with Crippen molar-refractivity contribution in [3.63, 3.8) is 0 Å². The fraction of sp³-hybridized carbons (Fsp3) is 0.318. The third-order valence-electron chi connectivity index (χ3n) is 4.58. The second-order valence-corrected chi connectivity index (χ2v) is 6.83. The quantitative estimate of drug-likeness (QED) is 0.678. The summed E-state index contributed by atoms with van der Waals surface area (Å²) in [5, 5.41) is 5.39. The van der Waals surface area contributed by atoms with E-state index in [2.05, 4.69) is 10.6 Å². The first-order valence-corrected chi connectivity index (χ1v) is 9.81. The minimum absolute atomic E-state index is 0.0498. The first kappa shape index (κ1) is 21.2. The molecule has 8 nitrogen and oxygen atoms in total. The predicted molar refractivity (Wildman–Crippen MR) is 113 cm³/mol. The molecule has 0 radical (unpaired) electrons. The highest BCUT2D eigenvalue weighted by Gasteiger charge is 2.31. The number of hydrogen-bond donors (Lipinski definition) is 2. The lowest BCUT2D eigenvalue weighted by atomic mass is 10.1. The number of ether oxygens (including phenoxy) is 2. The number of amides is 2. The Labute approximate surface area is 175 Å². The Hall–Kier alpha value is -3.55. The molecule has 1 aliphatic rings. The summed E-state index contributed by atoms with van der Waals surface area (Å²) < 4.78 is 10.8. The van der Waals surface area contributed by atoms with Crippen LogP contribution in [0, 0.1) is 0 Å². The molecule has 8 heteroatoms. The van der Waals surface area contributed by atoms with Gasteiger partial charge >= 0.3 is 5.97 Å². The van der Waals surface area contributed by atoms with Crippen LogP contribution in [0.5, 0.6) is 5.75 Å². The van der Waals surface area contributed by atoms with Crippen LogP contribution < -0.4 is 20.3 Å². The second-order valence-electron chi connectivity index (χ2n) is 6.83. The van der Waals surface area contributed by atoms with Crippen molar-refractivity contribution in [2.24, 2.45) is 0 Å². The van der Waals surface area contributed by atoms with E-state index < -0.39 is 6.10 Å². The summed E-state index contributed by atoms with van der Waals surface area (Å²) in [7, 11) is 1.55. The molecule has 30 heavy (non-hydrogen) atoms. The zero-order valence-electron chi connectivity index (χ0n) is 17.0. The van der Waals surface area contributed by atoms with Crippen LogP contribution in [-0.2, 0) is 14.3 Å². The molecule has 0 aromatic heterocycles. The van der Waals surface area contributed by atoms with Crippen molar-refractivity contribution in [2.75, 3.05) is 37.0 Å². The Morgan fingerprint density at radius 1 is 1.13 bits per heavy atom. The maximum Gasteiger partial charge on any atom is 0.338 e. The monoisotopic (exact) mass is 411 g/mol. The molecule has 2 aromatic carbocycles. The third-order valence-corrected chi connectivity index (χ3v) is 4.58. The number of hydrogen-bond acceptors (Lipinski definition) is 6. The summed E-state index contributed by atoms with van der Waals surface area (Å²) in [5.74, 6) is -0.330. The third kappa shape index (κ3) is 5.08. The van der Waals surface area contributed by atoms with Gasteiger partial charge in [-0.25, -0.2) is 4.79 Å². The van der Waals surface area contributed by atoms with E-state index >= 15 is 0 Å². The van der Waals surface area contributed by atoms with Crippen molar-refractivity contribution in [2.45, 2.75) is 19.4 Å². The number of fused-ring (bicyclic) bond motifs is 1. The standard InChI is InChI=1S/C22H25N3O5/c1-3-12-29-22(28)15-8-10-16(11-9-15)24-20(26)14-25-13-19(21(27)23-2)30-18-7-5-4-6-17(18)25/h4-11,19H,3,12-14H2,1-2H3,(H,23,27)(H,24,26)/t19-/m0/s1. The molecule has 2 aromatic rings. The Kier molecular flexibility index (Phi) is 6.90. The van der Waals surface area contributed by atoms with Crippen LogP contribution in [0.1, 0.15) is 23.7 Å². The summed E-state index contributed by atoms with van der Waals surface area (Å²) in [5.41, 5.74) is 1.75. The Morgan fingerprint density at radius 2 is 1.87 bits per heavy atom. The number of anilines is 2. The number of para-hydroxylation sites is 2. The number of likely N-dealkylation sites (N-methyl/N-ethyl adjacent to an activating group) is 1. The molecule has 2 amide bonds. The summed E-state index contributed by atoms with van der Waals surface area (Å²) in [6.45, 7) is 2.60. The smallest absolute Gasteiger partial charge is 0.338 e. The van der Waals surface area contributed by atoms with Crippen LogP contribution in [-0.4, -0.2) is 50.6 Å². The van der Waals surface area contributed by atoms with Gasteiger partial charge in [-0.05, 0) is 42.8 Å². The van der Waals surface area contributed by atoms with Crippen LogP contribution >= 0.6 is 0 Å². The molecule has 0 aliphatic carbocycles. The lowest BCUT2D eigenvalue weighted by molar-refractivity contribution is -0.127. The molecule has 1 atom stereocenters. The normalized spacial score (nSPS) is 14.9. The van der Waals surface area contributed by atoms with Gasteiger partial charge in [-0.1, -0.05) is 19.1 Å². The van der Waals surface area contributed by atoms with Crippen LogP contribution in [0.2, 0.25) is 0 Å². The van der Waals surface area contributed by atoms with E-state index in [0.29, 0.717) is 23.6 Å². The van der Waals surface area contributed by atoms with Gasteiger partial charge in [0.1, 0.15) is 5.75 Å². The van der Waals surface area contributed by atoms with E-state index in [1.54, 1.807) is 37.4 Å². The first-order valence-electron chi connectivity index (χ1n) is 9.81. The fourth-order valence-corrected chi connectivity index (χ4v) is 3.10. The van der Waals surface area contributed by atoms with Gasteiger partial charge < -0.3 is 25.0 Å². The van der Waals surface area contributed by atoms with Crippen molar-refractivity contribution in [3.05, 3.63) is 54.1 Å². The highest BCUT2D eigenvalue weighted by molar-refractivity contribution is 5.96. The highest BCUT2D eigenvalue weighted by Crippen LogP contribution is 2.32. The SMILES string of the molecule is CCCOC(=O)c1ccc(NC(=O)CN2C[C@@H](C(=O)NC)Oc3ccccc32)cc1. The van der Waals surface area contributed by atoms with E-state index in [-0.39, 0.29) is 30.9 Å². The fourth-order valence-electron chi connectivity index (χ4n) is 3.10. The number of nitrogens with one attached hydrogen (secondary N) is 2. The molecule has 1 heterocycles. The van der Waals surface area contributed by atoms with Gasteiger partial charge in [-0.2, -0.15) is 0 Å². The zero-order chi connectivity index (χ0) is 21.5. The summed E-state index contributed by atoms with van der Waals surface area (Å²) in [6, 6.07) is 13.8. The molecule has 0 fully saturated rings. The molecule has 2 N–H and O–H groups in total. The number of rotatable bonds is 7. The largest absolute Gasteiger partial charge is 0.477 e. The van der Waals surface area contributed by atoms with E-state index in [0.717, 1.165) is 12.1 Å². The van der Waals surface area contributed by atoms with Crippen molar-refractivity contribution in [1.82, 2.24) is 5.32 Å². The van der Waals surface area contributed by atoms with E-state index in [9.17, 15) is 14.4 Å². The summed E-state index contributed by atoms with van der Waals surface area (Å²) in [6.07, 6.45) is 0.0526. The predicted octanol–water partition coefficient (Wildman–Crippen LogP) is 2.21. The molecule has 0 spiro atoms. The van der Waals surface area contributed by atoms with Crippen LogP contribution in [0.4, 0.5) is 11.4 Å². The number of carbonyl (C=O) groups excluding carboxylic acids is 3. The van der Waals surface area contributed by atoms with Crippen molar-refractivity contribution < 1.29 is 23.9 Å². The van der Waals surface area contributed by atoms with Gasteiger partial charge in [0.2, 0.25) is 5.91 Å². The van der Waals surface area contributed by atoms with Crippen LogP contribution in [0.25, 0.3) is 0 Å². The average Bonchev–Trinajstić information content (AvgIpc) is 2.77.